The molecule has 2 fully saturated rings. The molecule has 5 rings (SSSR count). The Balaban J connectivity index is 1.52. The van der Waals surface area contributed by atoms with Gasteiger partial charge in [-0.1, -0.05) is 13.2 Å². The van der Waals surface area contributed by atoms with Crippen molar-refractivity contribution in [3.8, 4) is 5.75 Å². The lowest BCUT2D eigenvalue weighted by atomic mass is 9.93. The SMILES string of the molecule is C=C1C=C(N2CCOCC2)Oc2c1cc(C(=C)N1CCNCC1)cc2C(C)Nc1cc(F)cc(F)c1. The van der Waals surface area contributed by atoms with E-state index in [1.54, 1.807) is 0 Å². The van der Waals surface area contributed by atoms with Crippen LogP contribution < -0.4 is 15.4 Å². The van der Waals surface area contributed by atoms with Gasteiger partial charge < -0.3 is 29.9 Å². The summed E-state index contributed by atoms with van der Waals surface area (Å²) in [6.07, 6.45) is 1.97. The topological polar surface area (TPSA) is 49.0 Å². The smallest absolute Gasteiger partial charge is 0.196 e. The Kier molecular flexibility index (Phi) is 6.98. The van der Waals surface area contributed by atoms with Gasteiger partial charge in [0.05, 0.1) is 19.3 Å². The summed E-state index contributed by atoms with van der Waals surface area (Å²) in [5.74, 6) is 0.164. The standard InChI is InChI=1S/C28H32F2N4O2/c1-18-12-27(34-8-10-35-11-9-34)36-28-25(18)13-21(20(3)33-6-4-31-5-7-33)14-26(28)19(2)32-24-16-22(29)15-23(30)17-24/h12-17,19,31-32H,1,3-11H2,2H3. The number of morpholine rings is 1. The molecule has 2 aromatic rings. The lowest BCUT2D eigenvalue weighted by Crippen LogP contribution is -2.42. The van der Waals surface area contributed by atoms with Crippen molar-refractivity contribution in [1.29, 1.82) is 0 Å². The third-order valence-corrected chi connectivity index (χ3v) is 6.83. The number of benzene rings is 2. The zero-order valence-corrected chi connectivity index (χ0v) is 20.6. The summed E-state index contributed by atoms with van der Waals surface area (Å²) >= 11 is 0. The van der Waals surface area contributed by atoms with E-state index in [0.717, 1.165) is 79.2 Å². The first-order valence-electron chi connectivity index (χ1n) is 12.4. The average Bonchev–Trinajstić information content (AvgIpc) is 2.88. The van der Waals surface area contributed by atoms with Crippen LogP contribution in [0.5, 0.6) is 5.75 Å². The van der Waals surface area contributed by atoms with Gasteiger partial charge in [0, 0.05) is 73.9 Å². The Morgan fingerprint density at radius 2 is 1.72 bits per heavy atom. The monoisotopic (exact) mass is 494 g/mol. The van der Waals surface area contributed by atoms with Crippen molar-refractivity contribution < 1.29 is 18.3 Å². The largest absolute Gasteiger partial charge is 0.440 e. The number of nitrogens with zero attached hydrogens (tertiary/aromatic N) is 2. The lowest BCUT2D eigenvalue weighted by molar-refractivity contribution is 0.0345. The fraction of sp³-hybridized carbons (Fsp3) is 0.357. The highest BCUT2D eigenvalue weighted by molar-refractivity contribution is 5.82. The van der Waals surface area contributed by atoms with Gasteiger partial charge in [0.2, 0.25) is 0 Å². The van der Waals surface area contributed by atoms with Crippen molar-refractivity contribution in [3.05, 3.63) is 83.8 Å². The second-order valence-electron chi connectivity index (χ2n) is 9.36. The van der Waals surface area contributed by atoms with Crippen LogP contribution in [0.3, 0.4) is 0 Å². The number of fused-ring (bicyclic) bond motifs is 1. The molecule has 0 amide bonds. The Bertz CT molecular complexity index is 1180. The van der Waals surface area contributed by atoms with Crippen LogP contribution in [0.15, 0.2) is 55.4 Å². The Labute approximate surface area is 210 Å². The maximum atomic E-state index is 13.9. The summed E-state index contributed by atoms with van der Waals surface area (Å²) in [6.45, 7) is 17.0. The van der Waals surface area contributed by atoms with Gasteiger partial charge in [0.1, 0.15) is 17.4 Å². The third-order valence-electron chi connectivity index (χ3n) is 6.83. The molecule has 36 heavy (non-hydrogen) atoms. The molecule has 8 heteroatoms. The number of rotatable bonds is 6. The number of ether oxygens (including phenoxy) is 2. The molecule has 2 aromatic carbocycles. The second-order valence-corrected chi connectivity index (χ2v) is 9.36. The number of anilines is 1. The van der Waals surface area contributed by atoms with Crippen LogP contribution in [0, 0.1) is 11.6 Å². The molecule has 1 atom stereocenters. The summed E-state index contributed by atoms with van der Waals surface area (Å²) in [4.78, 5) is 4.42. The maximum absolute atomic E-state index is 13.9. The highest BCUT2D eigenvalue weighted by Gasteiger charge is 2.28. The minimum Gasteiger partial charge on any atom is -0.440 e. The van der Waals surface area contributed by atoms with Gasteiger partial charge in [-0.2, -0.15) is 0 Å². The predicted octanol–water partition coefficient (Wildman–Crippen LogP) is 4.59. The lowest BCUT2D eigenvalue weighted by Gasteiger charge is -2.35. The Hall–Kier alpha value is -3.36. The predicted molar refractivity (Wildman–Crippen MR) is 138 cm³/mol. The quantitative estimate of drug-likeness (QED) is 0.613. The molecule has 0 saturated carbocycles. The molecular weight excluding hydrogens is 462 g/mol. The molecule has 0 aliphatic carbocycles. The van der Waals surface area contributed by atoms with E-state index in [9.17, 15) is 8.78 Å². The van der Waals surface area contributed by atoms with Crippen LogP contribution in [0.1, 0.15) is 29.7 Å². The molecular formula is C28H32F2N4O2. The number of nitrogens with one attached hydrogen (secondary N) is 2. The van der Waals surface area contributed by atoms with Crippen molar-refractivity contribution in [2.75, 3.05) is 57.8 Å². The highest BCUT2D eigenvalue weighted by Crippen LogP contribution is 2.42. The molecule has 0 radical (unpaired) electrons. The minimum atomic E-state index is -0.630. The van der Waals surface area contributed by atoms with Gasteiger partial charge in [-0.3, -0.25) is 0 Å². The van der Waals surface area contributed by atoms with Gasteiger partial charge in [-0.05, 0) is 42.3 Å². The van der Waals surface area contributed by atoms with E-state index in [0.29, 0.717) is 24.7 Å². The van der Waals surface area contributed by atoms with Gasteiger partial charge in [0.25, 0.3) is 0 Å². The van der Waals surface area contributed by atoms with Gasteiger partial charge in [0.15, 0.2) is 5.88 Å². The third kappa shape index (κ3) is 5.10. The summed E-state index contributed by atoms with van der Waals surface area (Å²) in [6, 6.07) is 7.26. The molecule has 190 valence electrons. The number of hydrogen-bond acceptors (Lipinski definition) is 6. The van der Waals surface area contributed by atoms with E-state index in [4.69, 9.17) is 9.47 Å². The zero-order valence-electron chi connectivity index (χ0n) is 20.6. The van der Waals surface area contributed by atoms with E-state index in [-0.39, 0.29) is 6.04 Å². The molecule has 6 nitrogen and oxygen atoms in total. The molecule has 3 aliphatic heterocycles. The van der Waals surface area contributed by atoms with Crippen molar-refractivity contribution in [1.82, 2.24) is 15.1 Å². The Morgan fingerprint density at radius 3 is 2.42 bits per heavy atom. The fourth-order valence-corrected chi connectivity index (χ4v) is 4.87. The van der Waals surface area contributed by atoms with Crippen molar-refractivity contribution in [2.24, 2.45) is 0 Å². The highest BCUT2D eigenvalue weighted by atomic mass is 19.1. The molecule has 1 unspecified atom stereocenters. The van der Waals surface area contributed by atoms with Crippen LogP contribution in [0.25, 0.3) is 11.3 Å². The second kappa shape index (κ2) is 10.3. The fourth-order valence-electron chi connectivity index (χ4n) is 4.87. The van der Waals surface area contributed by atoms with Crippen molar-refractivity contribution >= 4 is 17.0 Å². The first-order valence-corrected chi connectivity index (χ1v) is 12.4. The van der Waals surface area contributed by atoms with E-state index in [1.165, 1.54) is 12.1 Å². The number of hydrogen-bond donors (Lipinski definition) is 2. The van der Waals surface area contributed by atoms with E-state index in [1.807, 2.05) is 13.0 Å². The number of piperazine rings is 1. The minimum absolute atomic E-state index is 0.312. The van der Waals surface area contributed by atoms with Crippen LogP contribution in [-0.4, -0.2) is 62.3 Å². The van der Waals surface area contributed by atoms with E-state index < -0.39 is 11.6 Å². The zero-order chi connectivity index (χ0) is 25.2. The number of allylic oxidation sites excluding steroid dienone is 2. The summed E-state index contributed by atoms with van der Waals surface area (Å²) < 4.78 is 39.7. The molecule has 3 aliphatic rings. The molecule has 3 heterocycles. The van der Waals surface area contributed by atoms with Gasteiger partial charge >= 0.3 is 0 Å². The first kappa shape index (κ1) is 24.3. The van der Waals surface area contributed by atoms with Gasteiger partial charge in [-0.25, -0.2) is 8.78 Å². The normalized spacial score (nSPS) is 18.8. The summed E-state index contributed by atoms with van der Waals surface area (Å²) in [7, 11) is 0. The first-order chi connectivity index (χ1) is 17.4. The van der Waals surface area contributed by atoms with Crippen molar-refractivity contribution in [2.45, 2.75) is 13.0 Å². The molecule has 0 bridgehead atoms. The molecule has 0 spiro atoms. The summed E-state index contributed by atoms with van der Waals surface area (Å²) in [5.41, 5.74) is 4.85. The van der Waals surface area contributed by atoms with Crippen LogP contribution in [0.4, 0.5) is 14.5 Å². The van der Waals surface area contributed by atoms with E-state index >= 15 is 0 Å². The maximum Gasteiger partial charge on any atom is 0.196 e. The summed E-state index contributed by atoms with van der Waals surface area (Å²) in [5, 5.41) is 6.62. The van der Waals surface area contributed by atoms with Crippen LogP contribution in [-0.2, 0) is 4.74 Å². The molecule has 2 saturated heterocycles. The van der Waals surface area contributed by atoms with Crippen molar-refractivity contribution in [3.63, 3.8) is 0 Å². The number of halogens is 2. The molecule has 0 aromatic heterocycles. The molecule has 2 N–H and O–H groups in total. The van der Waals surface area contributed by atoms with Gasteiger partial charge in [-0.15, -0.1) is 0 Å². The average molecular weight is 495 g/mol. The Morgan fingerprint density at radius 1 is 1.03 bits per heavy atom. The van der Waals surface area contributed by atoms with Crippen LogP contribution >= 0.6 is 0 Å². The van der Waals surface area contributed by atoms with Crippen LogP contribution in [0.2, 0.25) is 0 Å². The van der Waals surface area contributed by atoms with E-state index in [2.05, 4.69) is 45.7 Å².